The molecule has 2 aromatic rings. The zero-order valence-corrected chi connectivity index (χ0v) is 15.6. The van der Waals surface area contributed by atoms with Crippen molar-refractivity contribution < 1.29 is 30.6 Å². The number of phenols is 6. The molecule has 0 aromatic heterocycles. The molecule has 6 nitrogen and oxygen atoms in total. The standard InChI is InChI=1S/2C10H14O3/c1-10(2,3)6-4-7(11)9(13)8(12)5-6;1-2-3-4-7-5-6-8(11)10(13)9(7)12/h4-5,11-13H,1-3H3;5-6,11-13H,2-4H2,1H3. The maximum atomic E-state index is 9.40. The van der Waals surface area contributed by atoms with Crippen LogP contribution in [0.1, 0.15) is 51.7 Å². The fourth-order valence-electron chi connectivity index (χ4n) is 2.22. The summed E-state index contributed by atoms with van der Waals surface area (Å²) in [6, 6.07) is 5.92. The van der Waals surface area contributed by atoms with Gasteiger partial charge in [-0.3, -0.25) is 0 Å². The third-order valence-electron chi connectivity index (χ3n) is 3.95. The van der Waals surface area contributed by atoms with Crippen LogP contribution in [0.2, 0.25) is 0 Å². The van der Waals surface area contributed by atoms with Gasteiger partial charge in [0.25, 0.3) is 0 Å². The van der Waals surface area contributed by atoms with Crippen LogP contribution in [-0.2, 0) is 11.8 Å². The summed E-state index contributed by atoms with van der Waals surface area (Å²) >= 11 is 0. The van der Waals surface area contributed by atoms with E-state index in [1.165, 1.54) is 18.2 Å². The molecule has 0 unspecified atom stereocenters. The van der Waals surface area contributed by atoms with Crippen molar-refractivity contribution >= 4 is 0 Å². The summed E-state index contributed by atoms with van der Waals surface area (Å²) in [5, 5.41) is 55.2. The first-order valence-electron chi connectivity index (χ1n) is 8.47. The zero-order chi connectivity index (χ0) is 20.1. The second-order valence-corrected chi connectivity index (χ2v) is 7.16. The molecule has 0 heterocycles. The molecular weight excluding hydrogens is 336 g/mol. The SMILES string of the molecule is CC(C)(C)c1cc(O)c(O)c(O)c1.CCCCc1ccc(O)c(O)c1O. The molecule has 0 aliphatic carbocycles. The molecule has 26 heavy (non-hydrogen) atoms. The van der Waals surface area contributed by atoms with Crippen LogP contribution in [0.5, 0.6) is 34.5 Å². The molecule has 0 saturated heterocycles. The van der Waals surface area contributed by atoms with E-state index < -0.39 is 11.5 Å². The van der Waals surface area contributed by atoms with E-state index in [9.17, 15) is 20.4 Å². The number of hydrogen-bond donors (Lipinski definition) is 6. The Balaban J connectivity index is 0.000000260. The highest BCUT2D eigenvalue weighted by Crippen LogP contribution is 2.39. The van der Waals surface area contributed by atoms with E-state index in [0.29, 0.717) is 5.56 Å². The zero-order valence-electron chi connectivity index (χ0n) is 15.6. The van der Waals surface area contributed by atoms with Crippen molar-refractivity contribution in [2.24, 2.45) is 0 Å². The molecule has 0 amide bonds. The van der Waals surface area contributed by atoms with E-state index in [1.807, 2.05) is 20.8 Å². The van der Waals surface area contributed by atoms with Crippen LogP contribution in [-0.4, -0.2) is 30.6 Å². The second kappa shape index (κ2) is 8.56. The smallest absolute Gasteiger partial charge is 0.200 e. The second-order valence-electron chi connectivity index (χ2n) is 7.16. The normalized spacial score (nSPS) is 10.9. The number of aromatic hydroxyl groups is 6. The summed E-state index contributed by atoms with van der Waals surface area (Å²) in [5.41, 5.74) is 1.29. The summed E-state index contributed by atoms with van der Waals surface area (Å²) in [7, 11) is 0. The van der Waals surface area contributed by atoms with Gasteiger partial charge < -0.3 is 30.6 Å². The molecule has 6 N–H and O–H groups in total. The predicted molar refractivity (Wildman–Crippen MR) is 100 cm³/mol. The van der Waals surface area contributed by atoms with Gasteiger partial charge in [0.05, 0.1) is 0 Å². The number of aryl methyl sites for hydroxylation is 1. The maximum Gasteiger partial charge on any atom is 0.200 e. The van der Waals surface area contributed by atoms with Crippen molar-refractivity contribution in [2.75, 3.05) is 0 Å². The van der Waals surface area contributed by atoms with Gasteiger partial charge >= 0.3 is 0 Å². The Bertz CT molecular complexity index is 724. The first kappa shape index (κ1) is 21.3. The van der Waals surface area contributed by atoms with Crippen molar-refractivity contribution in [1.82, 2.24) is 0 Å². The average molecular weight is 364 g/mol. The topological polar surface area (TPSA) is 121 Å². The van der Waals surface area contributed by atoms with Crippen molar-refractivity contribution in [3.8, 4) is 34.5 Å². The lowest BCUT2D eigenvalue weighted by atomic mass is 9.87. The molecule has 0 aliphatic rings. The summed E-state index contributed by atoms with van der Waals surface area (Å²) < 4.78 is 0. The van der Waals surface area contributed by atoms with Crippen molar-refractivity contribution in [3.63, 3.8) is 0 Å². The fraction of sp³-hybridized carbons (Fsp3) is 0.400. The number of benzene rings is 2. The van der Waals surface area contributed by atoms with Crippen LogP contribution in [0.25, 0.3) is 0 Å². The lowest BCUT2D eigenvalue weighted by Crippen LogP contribution is -2.10. The van der Waals surface area contributed by atoms with E-state index in [-0.39, 0.29) is 28.4 Å². The van der Waals surface area contributed by atoms with Crippen LogP contribution in [0, 0.1) is 0 Å². The first-order valence-corrected chi connectivity index (χ1v) is 8.47. The lowest BCUT2D eigenvalue weighted by molar-refractivity contribution is 0.364. The molecule has 0 radical (unpaired) electrons. The Hall–Kier alpha value is -2.76. The van der Waals surface area contributed by atoms with Crippen molar-refractivity contribution in [3.05, 3.63) is 35.4 Å². The Kier molecular flexibility index (Phi) is 7.01. The van der Waals surface area contributed by atoms with Crippen LogP contribution in [0.3, 0.4) is 0 Å². The molecule has 0 saturated carbocycles. The summed E-state index contributed by atoms with van der Waals surface area (Å²) in [4.78, 5) is 0. The lowest BCUT2D eigenvalue weighted by Gasteiger charge is -2.19. The van der Waals surface area contributed by atoms with Gasteiger partial charge in [0.15, 0.2) is 28.7 Å². The molecule has 0 bridgehead atoms. The quantitative estimate of drug-likeness (QED) is 0.453. The van der Waals surface area contributed by atoms with Gasteiger partial charge in [-0.1, -0.05) is 40.2 Å². The van der Waals surface area contributed by atoms with E-state index >= 15 is 0 Å². The maximum absolute atomic E-state index is 9.40. The van der Waals surface area contributed by atoms with E-state index in [1.54, 1.807) is 6.07 Å². The van der Waals surface area contributed by atoms with Gasteiger partial charge in [0, 0.05) is 0 Å². The average Bonchev–Trinajstić information content (AvgIpc) is 2.56. The van der Waals surface area contributed by atoms with Crippen LogP contribution < -0.4 is 0 Å². The van der Waals surface area contributed by atoms with E-state index in [4.69, 9.17) is 10.2 Å². The Morgan fingerprint density at radius 1 is 0.731 bits per heavy atom. The highest BCUT2D eigenvalue weighted by molar-refractivity contribution is 5.53. The number of unbranched alkanes of at least 4 members (excludes halogenated alkanes) is 1. The third-order valence-corrected chi connectivity index (χ3v) is 3.95. The Morgan fingerprint density at radius 2 is 1.27 bits per heavy atom. The van der Waals surface area contributed by atoms with E-state index in [0.717, 1.165) is 24.8 Å². The van der Waals surface area contributed by atoms with Gasteiger partial charge in [-0.25, -0.2) is 0 Å². The fourth-order valence-corrected chi connectivity index (χ4v) is 2.22. The Morgan fingerprint density at radius 3 is 1.73 bits per heavy atom. The molecule has 6 heteroatoms. The highest BCUT2D eigenvalue weighted by atomic mass is 16.3. The molecule has 0 atom stereocenters. The molecule has 144 valence electrons. The minimum absolute atomic E-state index is 0.164. The largest absolute Gasteiger partial charge is 0.504 e. The number of phenolic OH excluding ortho intramolecular Hbond substituents is 6. The van der Waals surface area contributed by atoms with Gasteiger partial charge in [-0.2, -0.15) is 0 Å². The van der Waals surface area contributed by atoms with Gasteiger partial charge in [-0.05, 0) is 47.6 Å². The molecule has 2 rings (SSSR count). The summed E-state index contributed by atoms with van der Waals surface area (Å²) in [6.45, 7) is 7.92. The van der Waals surface area contributed by atoms with Crippen LogP contribution in [0.15, 0.2) is 24.3 Å². The third kappa shape index (κ3) is 5.37. The minimum Gasteiger partial charge on any atom is -0.504 e. The monoisotopic (exact) mass is 364 g/mol. The number of hydrogen-bond acceptors (Lipinski definition) is 6. The summed E-state index contributed by atoms with van der Waals surface area (Å²) in [5.74, 6) is -1.94. The van der Waals surface area contributed by atoms with Gasteiger partial charge in [0.2, 0.25) is 5.75 Å². The summed E-state index contributed by atoms with van der Waals surface area (Å²) in [6.07, 6.45) is 2.70. The number of rotatable bonds is 3. The van der Waals surface area contributed by atoms with Gasteiger partial charge in [0.1, 0.15) is 0 Å². The van der Waals surface area contributed by atoms with Crippen molar-refractivity contribution in [2.45, 2.75) is 52.4 Å². The molecule has 0 fully saturated rings. The molecule has 0 aliphatic heterocycles. The molecule has 0 spiro atoms. The van der Waals surface area contributed by atoms with Crippen LogP contribution in [0.4, 0.5) is 0 Å². The highest BCUT2D eigenvalue weighted by Gasteiger charge is 2.18. The molecular formula is C20H28O6. The Labute approximate surface area is 153 Å². The van der Waals surface area contributed by atoms with Crippen molar-refractivity contribution in [1.29, 1.82) is 0 Å². The first-order chi connectivity index (χ1) is 12.0. The van der Waals surface area contributed by atoms with Gasteiger partial charge in [-0.15, -0.1) is 0 Å². The van der Waals surface area contributed by atoms with E-state index in [2.05, 4.69) is 6.92 Å². The predicted octanol–water partition coefficient (Wildman–Crippen LogP) is 4.25. The minimum atomic E-state index is -0.465. The molecule has 2 aromatic carbocycles. The van der Waals surface area contributed by atoms with Crippen LogP contribution >= 0.6 is 0 Å².